The maximum absolute atomic E-state index is 13.6. The van der Waals surface area contributed by atoms with Crippen molar-refractivity contribution in [3.63, 3.8) is 0 Å². The van der Waals surface area contributed by atoms with Gasteiger partial charge in [0.15, 0.2) is 5.65 Å². The zero-order valence-electron chi connectivity index (χ0n) is 15.8. The summed E-state index contributed by atoms with van der Waals surface area (Å²) in [4.78, 5) is 11.6. The Morgan fingerprint density at radius 2 is 2.00 bits per heavy atom. The topological polar surface area (TPSA) is 84.9 Å². The minimum atomic E-state index is -0.477. The van der Waals surface area contributed by atoms with Crippen molar-refractivity contribution >= 4 is 34.4 Å². The Morgan fingerprint density at radius 3 is 2.75 bits per heavy atom. The number of aromatic nitrogens is 4. The molecule has 0 saturated carbocycles. The van der Waals surface area contributed by atoms with E-state index in [0.29, 0.717) is 34.1 Å². The molecule has 7 nitrogen and oxygen atoms in total. The first kappa shape index (κ1) is 18.9. The average molecular weight is 404 g/mol. The average Bonchev–Trinajstić information content (AvgIpc) is 2.98. The van der Waals surface area contributed by atoms with Crippen LogP contribution in [0.5, 0.6) is 0 Å². The number of nitrogens with two attached hydrogens (primary N) is 1. The van der Waals surface area contributed by atoms with Crippen LogP contribution >= 0.6 is 11.6 Å². The first-order valence-corrected chi connectivity index (χ1v) is 9.82. The molecule has 0 spiro atoms. The highest BCUT2D eigenvalue weighted by molar-refractivity contribution is 6.31. The second-order valence-corrected chi connectivity index (χ2v) is 7.47. The molecule has 148 valence electrons. The van der Waals surface area contributed by atoms with Crippen molar-refractivity contribution in [2.24, 2.45) is 7.05 Å². The molecule has 3 heterocycles. The third kappa shape index (κ3) is 3.74. The summed E-state index contributed by atoms with van der Waals surface area (Å²) in [5.41, 5.74) is 7.92. The number of nitrogen functional groups attached to an aromatic ring is 1. The Balaban J connectivity index is 1.65. The molecular weight excluding hydrogens is 381 g/mol. The van der Waals surface area contributed by atoms with Gasteiger partial charge in [-0.2, -0.15) is 10.1 Å². The summed E-state index contributed by atoms with van der Waals surface area (Å²) >= 11 is 5.98. The molecule has 4 rings (SSSR count). The van der Waals surface area contributed by atoms with Crippen molar-refractivity contribution in [2.45, 2.75) is 19.3 Å². The molecular formula is C19H23ClFN7. The van der Waals surface area contributed by atoms with Crippen LogP contribution in [-0.2, 0) is 7.05 Å². The smallest absolute Gasteiger partial charge is 0.225 e. The van der Waals surface area contributed by atoms with Gasteiger partial charge in [-0.15, -0.1) is 0 Å². The van der Waals surface area contributed by atoms with E-state index in [0.717, 1.165) is 26.2 Å². The Morgan fingerprint density at radius 1 is 1.21 bits per heavy atom. The third-order valence-electron chi connectivity index (χ3n) is 5.09. The molecule has 1 aliphatic rings. The van der Waals surface area contributed by atoms with Crippen LogP contribution in [0.15, 0.2) is 18.2 Å². The van der Waals surface area contributed by atoms with E-state index >= 15 is 0 Å². The van der Waals surface area contributed by atoms with Gasteiger partial charge in [0.05, 0.1) is 16.1 Å². The predicted octanol–water partition coefficient (Wildman–Crippen LogP) is 3.30. The number of nitrogens with zero attached hydrogens (tertiary/aromatic N) is 5. The fourth-order valence-corrected chi connectivity index (χ4v) is 3.74. The van der Waals surface area contributed by atoms with Crippen LogP contribution in [0.1, 0.15) is 19.3 Å². The number of anilines is 2. The number of fused-ring (bicyclic) bond motifs is 1. The number of benzene rings is 1. The summed E-state index contributed by atoms with van der Waals surface area (Å²) < 4.78 is 15.2. The molecule has 0 amide bonds. The normalized spacial score (nSPS) is 15.2. The standard InChI is InChI=1S/C19H23ClFN7/c1-27-17(22)15-16(12-5-6-14(21)13(20)11-12)24-19(25-18(15)26-27)23-7-10-28-8-3-2-4-9-28/h5-6,11H,2-4,7-10,22H2,1H3,(H,23,25,26). The third-order valence-corrected chi connectivity index (χ3v) is 5.38. The SMILES string of the molecule is Cn1nc2nc(NCCN3CCCCC3)nc(-c3ccc(F)c(Cl)c3)c2c1N. The Labute approximate surface area is 167 Å². The van der Waals surface area contributed by atoms with E-state index in [1.54, 1.807) is 23.9 Å². The van der Waals surface area contributed by atoms with Crippen molar-refractivity contribution < 1.29 is 4.39 Å². The monoisotopic (exact) mass is 403 g/mol. The Kier molecular flexibility index (Phi) is 5.32. The molecule has 2 aromatic heterocycles. The summed E-state index contributed by atoms with van der Waals surface area (Å²) in [6.45, 7) is 3.94. The van der Waals surface area contributed by atoms with Gasteiger partial charge in [0.1, 0.15) is 11.6 Å². The second kappa shape index (κ2) is 7.89. The minimum absolute atomic E-state index is 0.0336. The number of nitrogens with one attached hydrogen (secondary N) is 1. The minimum Gasteiger partial charge on any atom is -0.383 e. The van der Waals surface area contributed by atoms with Crippen LogP contribution in [0.2, 0.25) is 5.02 Å². The lowest BCUT2D eigenvalue weighted by Gasteiger charge is -2.26. The Hall–Kier alpha value is -2.45. The number of piperidine rings is 1. The fourth-order valence-electron chi connectivity index (χ4n) is 3.56. The molecule has 0 bridgehead atoms. The summed E-state index contributed by atoms with van der Waals surface area (Å²) in [5, 5.41) is 8.33. The van der Waals surface area contributed by atoms with E-state index in [2.05, 4.69) is 25.3 Å². The molecule has 0 radical (unpaired) electrons. The predicted molar refractivity (Wildman–Crippen MR) is 110 cm³/mol. The van der Waals surface area contributed by atoms with E-state index < -0.39 is 5.82 Å². The van der Waals surface area contributed by atoms with Crippen LogP contribution in [0, 0.1) is 5.82 Å². The van der Waals surface area contributed by atoms with Crippen molar-refractivity contribution in [1.82, 2.24) is 24.6 Å². The maximum atomic E-state index is 13.6. The van der Waals surface area contributed by atoms with Gasteiger partial charge in [0.25, 0.3) is 0 Å². The van der Waals surface area contributed by atoms with Crippen LogP contribution in [-0.4, -0.2) is 50.8 Å². The summed E-state index contributed by atoms with van der Waals surface area (Å²) in [6.07, 6.45) is 3.82. The number of likely N-dealkylation sites (tertiary alicyclic amines) is 1. The van der Waals surface area contributed by atoms with Crippen LogP contribution in [0.3, 0.4) is 0 Å². The zero-order valence-corrected chi connectivity index (χ0v) is 16.5. The maximum Gasteiger partial charge on any atom is 0.225 e. The second-order valence-electron chi connectivity index (χ2n) is 7.06. The first-order chi connectivity index (χ1) is 13.5. The largest absolute Gasteiger partial charge is 0.383 e. The van der Waals surface area contributed by atoms with E-state index in [1.807, 2.05) is 0 Å². The molecule has 9 heteroatoms. The van der Waals surface area contributed by atoms with Crippen molar-refractivity contribution in [2.75, 3.05) is 37.2 Å². The highest BCUT2D eigenvalue weighted by Crippen LogP contribution is 2.32. The van der Waals surface area contributed by atoms with Gasteiger partial charge in [-0.05, 0) is 44.1 Å². The van der Waals surface area contributed by atoms with E-state index in [-0.39, 0.29) is 5.02 Å². The van der Waals surface area contributed by atoms with Gasteiger partial charge >= 0.3 is 0 Å². The number of rotatable bonds is 5. The van der Waals surface area contributed by atoms with Gasteiger partial charge in [-0.25, -0.2) is 9.37 Å². The van der Waals surface area contributed by atoms with Crippen LogP contribution < -0.4 is 11.1 Å². The molecule has 1 saturated heterocycles. The first-order valence-electron chi connectivity index (χ1n) is 9.45. The molecule has 0 aliphatic carbocycles. The molecule has 1 aromatic carbocycles. The van der Waals surface area contributed by atoms with Crippen molar-refractivity contribution in [1.29, 1.82) is 0 Å². The van der Waals surface area contributed by atoms with Crippen LogP contribution in [0.4, 0.5) is 16.2 Å². The summed E-state index contributed by atoms with van der Waals surface area (Å²) in [5.74, 6) is 0.443. The Bertz CT molecular complexity index is 998. The van der Waals surface area contributed by atoms with Gasteiger partial charge in [0, 0.05) is 25.7 Å². The molecule has 1 fully saturated rings. The fraction of sp³-hybridized carbons (Fsp3) is 0.421. The van der Waals surface area contributed by atoms with Crippen molar-refractivity contribution in [3.05, 3.63) is 29.0 Å². The van der Waals surface area contributed by atoms with E-state index in [1.165, 1.54) is 25.3 Å². The molecule has 28 heavy (non-hydrogen) atoms. The number of hydrogen-bond acceptors (Lipinski definition) is 6. The van der Waals surface area contributed by atoms with Crippen molar-refractivity contribution in [3.8, 4) is 11.3 Å². The molecule has 0 unspecified atom stereocenters. The zero-order chi connectivity index (χ0) is 19.7. The molecule has 3 N–H and O–H groups in total. The lowest BCUT2D eigenvalue weighted by atomic mass is 10.1. The molecule has 3 aromatic rings. The van der Waals surface area contributed by atoms with E-state index in [9.17, 15) is 4.39 Å². The van der Waals surface area contributed by atoms with E-state index in [4.69, 9.17) is 17.3 Å². The highest BCUT2D eigenvalue weighted by atomic mass is 35.5. The number of hydrogen-bond donors (Lipinski definition) is 2. The lowest BCUT2D eigenvalue weighted by molar-refractivity contribution is 0.237. The molecule has 1 aliphatic heterocycles. The lowest BCUT2D eigenvalue weighted by Crippen LogP contribution is -2.33. The summed E-state index contributed by atoms with van der Waals surface area (Å²) in [7, 11) is 1.75. The number of aryl methyl sites for hydroxylation is 1. The van der Waals surface area contributed by atoms with Gasteiger partial charge < -0.3 is 16.0 Å². The van der Waals surface area contributed by atoms with Gasteiger partial charge in [0.2, 0.25) is 5.95 Å². The van der Waals surface area contributed by atoms with Crippen LogP contribution in [0.25, 0.3) is 22.3 Å². The number of halogens is 2. The summed E-state index contributed by atoms with van der Waals surface area (Å²) in [6, 6.07) is 4.50. The quantitative estimate of drug-likeness (QED) is 0.679. The van der Waals surface area contributed by atoms with Gasteiger partial charge in [-0.3, -0.25) is 4.68 Å². The highest BCUT2D eigenvalue weighted by Gasteiger charge is 2.18. The van der Waals surface area contributed by atoms with Gasteiger partial charge in [-0.1, -0.05) is 18.0 Å². The molecule has 0 atom stereocenters.